The molecule has 0 spiro atoms. The molecule has 1 aliphatic rings. The molecule has 1 amide bonds. The average molecular weight is 424 g/mol. The molecule has 0 radical (unpaired) electrons. The summed E-state index contributed by atoms with van der Waals surface area (Å²) in [6.07, 6.45) is 4.53. The standard InChI is InChI=1S/C23H19F3N4O/c24-16-3-1-13(2-4-16)21-20(18-7-17(25)8-19(26)22(18)30-21)14-5-12(6-14)9-27-23(31)15-10-28-29-11-15/h1-4,7-8,10-12,14,30H,5-6,9H2,(H,27,31)(H,28,29)/t12-,14+. The second kappa shape index (κ2) is 7.61. The zero-order valence-electron chi connectivity index (χ0n) is 16.4. The molecule has 2 aromatic heterocycles. The Labute approximate surface area is 175 Å². The fourth-order valence-corrected chi connectivity index (χ4v) is 4.36. The maximum absolute atomic E-state index is 14.4. The summed E-state index contributed by atoms with van der Waals surface area (Å²) in [6, 6.07) is 8.13. The number of hydrogen-bond acceptors (Lipinski definition) is 2. The van der Waals surface area contributed by atoms with Crippen molar-refractivity contribution in [3.63, 3.8) is 0 Å². The predicted octanol–water partition coefficient (Wildman–Crippen LogP) is 4.90. The molecule has 0 unspecified atom stereocenters. The van der Waals surface area contributed by atoms with Crippen molar-refractivity contribution in [2.75, 3.05) is 6.54 Å². The number of rotatable bonds is 5. The van der Waals surface area contributed by atoms with Crippen molar-refractivity contribution in [1.29, 1.82) is 0 Å². The second-order valence-electron chi connectivity index (χ2n) is 7.96. The predicted molar refractivity (Wildman–Crippen MR) is 110 cm³/mol. The van der Waals surface area contributed by atoms with Crippen LogP contribution in [0.4, 0.5) is 13.2 Å². The van der Waals surface area contributed by atoms with Gasteiger partial charge in [0, 0.05) is 24.2 Å². The van der Waals surface area contributed by atoms with Crippen molar-refractivity contribution in [1.82, 2.24) is 20.5 Å². The van der Waals surface area contributed by atoms with E-state index in [2.05, 4.69) is 20.5 Å². The van der Waals surface area contributed by atoms with Gasteiger partial charge in [-0.2, -0.15) is 5.10 Å². The van der Waals surface area contributed by atoms with Gasteiger partial charge >= 0.3 is 0 Å². The highest BCUT2D eigenvalue weighted by Gasteiger charge is 2.34. The van der Waals surface area contributed by atoms with Crippen LogP contribution in [0.2, 0.25) is 0 Å². The Morgan fingerprint density at radius 2 is 1.87 bits per heavy atom. The van der Waals surface area contributed by atoms with E-state index in [-0.39, 0.29) is 29.1 Å². The molecule has 4 aromatic rings. The summed E-state index contributed by atoms with van der Waals surface area (Å²) in [6.45, 7) is 0.511. The lowest BCUT2D eigenvalue weighted by Gasteiger charge is -2.36. The van der Waals surface area contributed by atoms with Gasteiger partial charge in [0.05, 0.1) is 23.0 Å². The number of H-pyrrole nitrogens is 2. The van der Waals surface area contributed by atoms with Crippen LogP contribution in [-0.2, 0) is 0 Å². The fourth-order valence-electron chi connectivity index (χ4n) is 4.36. The highest BCUT2D eigenvalue weighted by atomic mass is 19.1. The molecular weight excluding hydrogens is 405 g/mol. The smallest absolute Gasteiger partial charge is 0.254 e. The maximum Gasteiger partial charge on any atom is 0.254 e. The third-order valence-corrected chi connectivity index (χ3v) is 5.95. The van der Waals surface area contributed by atoms with Crippen molar-refractivity contribution >= 4 is 16.8 Å². The van der Waals surface area contributed by atoms with Crippen LogP contribution in [0.1, 0.15) is 34.7 Å². The summed E-state index contributed by atoms with van der Waals surface area (Å²) in [5, 5.41) is 9.76. The molecule has 5 rings (SSSR count). The molecule has 0 aliphatic heterocycles. The van der Waals surface area contributed by atoms with E-state index in [1.165, 1.54) is 30.6 Å². The van der Waals surface area contributed by atoms with Crippen molar-refractivity contribution in [3.8, 4) is 11.3 Å². The zero-order valence-corrected chi connectivity index (χ0v) is 16.4. The molecule has 31 heavy (non-hydrogen) atoms. The van der Waals surface area contributed by atoms with Gasteiger partial charge in [-0.1, -0.05) is 0 Å². The molecule has 1 fully saturated rings. The van der Waals surface area contributed by atoms with Gasteiger partial charge in [0.1, 0.15) is 17.5 Å². The number of fused-ring (bicyclic) bond motifs is 1. The first kappa shape index (κ1) is 19.4. The number of aromatic amines is 2. The van der Waals surface area contributed by atoms with Gasteiger partial charge < -0.3 is 10.3 Å². The van der Waals surface area contributed by atoms with Crippen LogP contribution in [0.5, 0.6) is 0 Å². The van der Waals surface area contributed by atoms with Gasteiger partial charge in [-0.15, -0.1) is 0 Å². The summed E-state index contributed by atoms with van der Waals surface area (Å²) in [5.74, 6) is -1.53. The largest absolute Gasteiger partial charge is 0.352 e. The number of nitrogens with one attached hydrogen (secondary N) is 3. The number of aromatic nitrogens is 3. The van der Waals surface area contributed by atoms with Crippen molar-refractivity contribution in [2.45, 2.75) is 18.8 Å². The summed E-state index contributed by atoms with van der Waals surface area (Å²) >= 11 is 0. The highest BCUT2D eigenvalue weighted by molar-refractivity contribution is 5.94. The quantitative estimate of drug-likeness (QED) is 0.426. The molecule has 0 atom stereocenters. The fraction of sp³-hybridized carbons (Fsp3) is 0.217. The van der Waals surface area contributed by atoms with Gasteiger partial charge in [0.15, 0.2) is 0 Å². The SMILES string of the molecule is O=C(NC[C@H]1C[C@@H](c2c(-c3ccc(F)cc3)[nH]c3c(F)cc(F)cc32)C1)c1cn[nH]c1. The van der Waals surface area contributed by atoms with Gasteiger partial charge in [-0.05, 0) is 66.1 Å². The molecule has 8 heteroatoms. The third kappa shape index (κ3) is 3.58. The molecule has 5 nitrogen and oxygen atoms in total. The third-order valence-electron chi connectivity index (χ3n) is 5.95. The number of amides is 1. The summed E-state index contributed by atoms with van der Waals surface area (Å²) in [5.41, 5.74) is 2.93. The van der Waals surface area contributed by atoms with Crippen molar-refractivity contribution < 1.29 is 18.0 Å². The minimum Gasteiger partial charge on any atom is -0.352 e. The lowest BCUT2D eigenvalue weighted by Crippen LogP contribution is -2.35. The van der Waals surface area contributed by atoms with Crippen LogP contribution >= 0.6 is 0 Å². The average Bonchev–Trinajstić information content (AvgIpc) is 3.36. The number of hydrogen-bond donors (Lipinski definition) is 3. The van der Waals surface area contributed by atoms with Crippen LogP contribution in [-0.4, -0.2) is 27.6 Å². The minimum atomic E-state index is -0.659. The van der Waals surface area contributed by atoms with Crippen LogP contribution in [0.3, 0.4) is 0 Å². The lowest BCUT2D eigenvalue weighted by atomic mass is 9.70. The van der Waals surface area contributed by atoms with Gasteiger partial charge in [-0.25, -0.2) is 13.2 Å². The van der Waals surface area contributed by atoms with E-state index < -0.39 is 11.6 Å². The zero-order chi connectivity index (χ0) is 21.5. The van der Waals surface area contributed by atoms with E-state index in [0.717, 1.165) is 24.5 Å². The first-order valence-corrected chi connectivity index (χ1v) is 10.0. The Hall–Kier alpha value is -3.55. The summed E-state index contributed by atoms with van der Waals surface area (Å²) < 4.78 is 41.8. The molecule has 0 bridgehead atoms. The lowest BCUT2D eigenvalue weighted by molar-refractivity contribution is 0.0935. The molecule has 158 valence electrons. The van der Waals surface area contributed by atoms with E-state index in [0.29, 0.717) is 28.8 Å². The van der Waals surface area contributed by atoms with Crippen LogP contribution < -0.4 is 5.32 Å². The Morgan fingerprint density at radius 1 is 1.10 bits per heavy atom. The molecule has 1 saturated carbocycles. The van der Waals surface area contributed by atoms with Crippen LogP contribution in [0.15, 0.2) is 48.8 Å². The van der Waals surface area contributed by atoms with E-state index in [1.54, 1.807) is 12.1 Å². The topological polar surface area (TPSA) is 73.6 Å². The summed E-state index contributed by atoms with van der Waals surface area (Å²) in [7, 11) is 0. The molecule has 0 saturated heterocycles. The first-order chi connectivity index (χ1) is 15.0. The van der Waals surface area contributed by atoms with Crippen molar-refractivity contribution in [3.05, 3.63) is 77.4 Å². The van der Waals surface area contributed by atoms with Crippen LogP contribution in [0.25, 0.3) is 22.2 Å². The molecular formula is C23H19F3N4O. The number of nitrogens with zero attached hydrogens (tertiary/aromatic N) is 1. The summed E-state index contributed by atoms with van der Waals surface area (Å²) in [4.78, 5) is 15.2. The Bertz CT molecular complexity index is 1240. The number of carbonyl (C=O) groups excluding carboxylic acids is 1. The first-order valence-electron chi connectivity index (χ1n) is 10.0. The van der Waals surface area contributed by atoms with Crippen molar-refractivity contribution in [2.24, 2.45) is 5.92 Å². The highest BCUT2D eigenvalue weighted by Crippen LogP contribution is 2.48. The minimum absolute atomic E-state index is 0.0748. The molecule has 2 aromatic carbocycles. The normalized spacial score (nSPS) is 18.2. The van der Waals surface area contributed by atoms with Crippen LogP contribution in [0, 0.1) is 23.4 Å². The van der Waals surface area contributed by atoms with E-state index in [4.69, 9.17) is 0 Å². The number of carbonyl (C=O) groups is 1. The monoisotopic (exact) mass is 424 g/mol. The van der Waals surface area contributed by atoms with E-state index >= 15 is 0 Å². The number of benzene rings is 2. The Balaban J connectivity index is 1.41. The maximum atomic E-state index is 14.4. The Morgan fingerprint density at radius 3 is 2.58 bits per heavy atom. The molecule has 3 N–H and O–H groups in total. The van der Waals surface area contributed by atoms with E-state index in [9.17, 15) is 18.0 Å². The van der Waals surface area contributed by atoms with Gasteiger partial charge in [0.2, 0.25) is 0 Å². The second-order valence-corrected chi connectivity index (χ2v) is 7.96. The molecule has 1 aliphatic carbocycles. The van der Waals surface area contributed by atoms with Gasteiger partial charge in [0.25, 0.3) is 5.91 Å². The number of halogens is 3. The Kier molecular flexibility index (Phi) is 4.77. The molecule has 2 heterocycles. The van der Waals surface area contributed by atoms with E-state index in [1.807, 2.05) is 0 Å². The van der Waals surface area contributed by atoms with Gasteiger partial charge in [-0.3, -0.25) is 9.89 Å².